The van der Waals surface area contributed by atoms with E-state index in [4.69, 9.17) is 0 Å². The lowest BCUT2D eigenvalue weighted by Crippen LogP contribution is -2.30. The summed E-state index contributed by atoms with van der Waals surface area (Å²) in [5, 5.41) is 18.5. The molecule has 0 saturated heterocycles. The van der Waals surface area contributed by atoms with Gasteiger partial charge in [-0.2, -0.15) is 10.5 Å². The van der Waals surface area contributed by atoms with E-state index in [2.05, 4.69) is 34.7 Å². The van der Waals surface area contributed by atoms with Crippen LogP contribution >= 0.6 is 22.6 Å². The molecule has 80 valence electrons. The molecule has 2 nitrogen and oxygen atoms in total. The predicted octanol–water partition coefficient (Wildman–Crippen LogP) is 3.59. The Balaban J connectivity index is 2.91. The molecule has 1 aliphatic rings. The van der Waals surface area contributed by atoms with Gasteiger partial charge >= 0.3 is 0 Å². The monoisotopic (exact) mass is 314 g/mol. The van der Waals surface area contributed by atoms with Crippen molar-refractivity contribution in [1.29, 1.82) is 10.5 Å². The van der Waals surface area contributed by atoms with Crippen LogP contribution in [0.3, 0.4) is 0 Å². The van der Waals surface area contributed by atoms with Crippen LogP contribution in [-0.2, 0) is 0 Å². The Morgan fingerprint density at radius 2 is 2.07 bits per heavy atom. The minimum atomic E-state index is -0.797. The molecule has 0 heterocycles. The van der Waals surface area contributed by atoms with Crippen LogP contribution in [0.15, 0.2) is 12.2 Å². The summed E-state index contributed by atoms with van der Waals surface area (Å²) in [5.41, 5.74) is -0.797. The zero-order chi connectivity index (χ0) is 11.3. The van der Waals surface area contributed by atoms with E-state index in [-0.39, 0.29) is 5.92 Å². The van der Waals surface area contributed by atoms with E-state index < -0.39 is 5.41 Å². The highest BCUT2D eigenvalue weighted by Crippen LogP contribution is 2.45. The molecule has 0 N–H and O–H groups in total. The third kappa shape index (κ3) is 2.52. The molecule has 0 bridgehead atoms. The maximum absolute atomic E-state index is 9.27. The van der Waals surface area contributed by atoms with Crippen LogP contribution in [0, 0.1) is 34.0 Å². The second kappa shape index (κ2) is 5.51. The third-order valence-corrected chi connectivity index (χ3v) is 4.63. The fourth-order valence-corrected chi connectivity index (χ4v) is 3.62. The summed E-state index contributed by atoms with van der Waals surface area (Å²) in [4.78, 5) is 0. The van der Waals surface area contributed by atoms with E-state index in [0.717, 1.165) is 19.3 Å². The summed E-state index contributed by atoms with van der Waals surface area (Å²) in [6, 6.07) is 4.51. The van der Waals surface area contributed by atoms with Gasteiger partial charge in [0, 0.05) is 9.84 Å². The van der Waals surface area contributed by atoms with Crippen molar-refractivity contribution in [3.63, 3.8) is 0 Å². The smallest absolute Gasteiger partial charge is 0.151 e. The minimum Gasteiger partial charge on any atom is -0.197 e. The molecule has 1 rings (SSSR count). The number of allylic oxidation sites excluding steroid dienone is 2. The van der Waals surface area contributed by atoms with Gasteiger partial charge in [0.15, 0.2) is 5.41 Å². The fourth-order valence-electron chi connectivity index (χ4n) is 2.21. The van der Waals surface area contributed by atoms with Crippen molar-refractivity contribution in [3.8, 4) is 12.1 Å². The molecule has 2 atom stereocenters. The first kappa shape index (κ1) is 12.5. The number of halogens is 1. The van der Waals surface area contributed by atoms with Gasteiger partial charge in [0.1, 0.15) is 0 Å². The molecule has 1 aliphatic carbocycles. The van der Waals surface area contributed by atoms with Crippen LogP contribution in [0.25, 0.3) is 0 Å². The van der Waals surface area contributed by atoms with Gasteiger partial charge in [-0.3, -0.25) is 0 Å². The Hall–Kier alpha value is -0.550. The first-order chi connectivity index (χ1) is 7.20. The highest BCUT2D eigenvalue weighted by atomic mass is 127. The van der Waals surface area contributed by atoms with Gasteiger partial charge in [-0.15, -0.1) is 0 Å². The molecule has 1 fully saturated rings. The molecule has 0 aliphatic heterocycles. The van der Waals surface area contributed by atoms with E-state index in [9.17, 15) is 10.5 Å². The summed E-state index contributed by atoms with van der Waals surface area (Å²) < 4.78 is 0.479. The normalized spacial score (nSPS) is 26.4. The van der Waals surface area contributed by atoms with Crippen LogP contribution in [-0.4, -0.2) is 3.92 Å². The van der Waals surface area contributed by atoms with Gasteiger partial charge in [-0.05, 0) is 26.2 Å². The number of rotatable bonds is 3. The van der Waals surface area contributed by atoms with Gasteiger partial charge in [0.05, 0.1) is 12.1 Å². The maximum atomic E-state index is 9.27. The van der Waals surface area contributed by atoms with Crippen LogP contribution in [0.2, 0.25) is 0 Å². The lowest BCUT2D eigenvalue weighted by molar-refractivity contribution is 0.338. The van der Waals surface area contributed by atoms with E-state index >= 15 is 0 Å². The summed E-state index contributed by atoms with van der Waals surface area (Å²) >= 11 is 2.39. The van der Waals surface area contributed by atoms with Crippen molar-refractivity contribution in [2.24, 2.45) is 11.3 Å². The number of hydrogen-bond acceptors (Lipinski definition) is 2. The predicted molar refractivity (Wildman–Crippen MR) is 68.2 cm³/mol. The number of nitriles is 2. The van der Waals surface area contributed by atoms with E-state index in [1.165, 1.54) is 0 Å². The summed E-state index contributed by atoms with van der Waals surface area (Å²) in [6.45, 7) is 1.93. The fraction of sp³-hybridized carbons (Fsp3) is 0.667. The summed E-state index contributed by atoms with van der Waals surface area (Å²) in [7, 11) is 0. The highest BCUT2D eigenvalue weighted by molar-refractivity contribution is 14.1. The molecule has 15 heavy (non-hydrogen) atoms. The molecular weight excluding hydrogens is 299 g/mol. The molecule has 0 radical (unpaired) electrons. The second-order valence-corrected chi connectivity index (χ2v) is 5.62. The van der Waals surface area contributed by atoms with Crippen molar-refractivity contribution >= 4 is 22.6 Å². The molecule has 0 aromatic heterocycles. The van der Waals surface area contributed by atoms with Crippen molar-refractivity contribution in [2.45, 2.75) is 36.5 Å². The Morgan fingerprint density at radius 1 is 1.40 bits per heavy atom. The second-order valence-electron chi connectivity index (χ2n) is 4.02. The lowest BCUT2D eigenvalue weighted by Gasteiger charge is -2.26. The van der Waals surface area contributed by atoms with E-state index in [1.807, 2.05) is 19.1 Å². The summed E-state index contributed by atoms with van der Waals surface area (Å²) in [5.74, 6) is 0.240. The van der Waals surface area contributed by atoms with E-state index in [1.54, 1.807) is 0 Å². The summed E-state index contributed by atoms with van der Waals surface area (Å²) in [6.07, 6.45) is 7.74. The quantitative estimate of drug-likeness (QED) is 0.454. The minimum absolute atomic E-state index is 0.240. The molecule has 3 heteroatoms. The average Bonchev–Trinajstić information content (AvgIpc) is 2.68. The SMILES string of the molecule is CC=CCC(C#N)(C#N)[C@@H]1CCC[C@H]1I. The first-order valence-corrected chi connectivity index (χ1v) is 6.52. The van der Waals surface area contributed by atoms with Gasteiger partial charge in [-0.1, -0.05) is 41.2 Å². The van der Waals surface area contributed by atoms with Gasteiger partial charge in [-0.25, -0.2) is 0 Å². The number of hydrogen-bond donors (Lipinski definition) is 0. The van der Waals surface area contributed by atoms with Gasteiger partial charge in [0.25, 0.3) is 0 Å². The van der Waals surface area contributed by atoms with Crippen LogP contribution in [0.1, 0.15) is 32.6 Å². The Labute approximate surface area is 105 Å². The molecule has 0 amide bonds. The molecule has 0 spiro atoms. The average molecular weight is 314 g/mol. The van der Waals surface area contributed by atoms with Crippen LogP contribution < -0.4 is 0 Å². The zero-order valence-electron chi connectivity index (χ0n) is 8.91. The van der Waals surface area contributed by atoms with Crippen molar-refractivity contribution < 1.29 is 0 Å². The number of alkyl halides is 1. The Kier molecular flexibility index (Phi) is 4.60. The lowest BCUT2D eigenvalue weighted by atomic mass is 9.74. The third-order valence-electron chi connectivity index (χ3n) is 3.14. The highest BCUT2D eigenvalue weighted by Gasteiger charge is 2.44. The Bertz CT molecular complexity index is 307. The molecule has 0 aromatic rings. The van der Waals surface area contributed by atoms with E-state index in [0.29, 0.717) is 10.3 Å². The number of nitrogens with zero attached hydrogens (tertiary/aromatic N) is 2. The zero-order valence-corrected chi connectivity index (χ0v) is 11.1. The van der Waals surface area contributed by atoms with Gasteiger partial charge < -0.3 is 0 Å². The standard InChI is InChI=1S/C12H15IN2/c1-2-3-7-12(8-14,9-15)10-5-4-6-11(10)13/h2-3,10-11H,4-7H2,1H3/t10-,11-/m1/s1. The molecular formula is C12H15IN2. The molecule has 0 unspecified atom stereocenters. The van der Waals surface area contributed by atoms with Crippen LogP contribution in [0.4, 0.5) is 0 Å². The topological polar surface area (TPSA) is 47.6 Å². The van der Waals surface area contributed by atoms with Gasteiger partial charge in [0.2, 0.25) is 0 Å². The van der Waals surface area contributed by atoms with Crippen molar-refractivity contribution in [2.75, 3.05) is 0 Å². The van der Waals surface area contributed by atoms with Crippen LogP contribution in [0.5, 0.6) is 0 Å². The molecule has 0 aromatic carbocycles. The first-order valence-electron chi connectivity index (χ1n) is 5.28. The van der Waals surface area contributed by atoms with Crippen molar-refractivity contribution in [3.05, 3.63) is 12.2 Å². The van der Waals surface area contributed by atoms with Crippen molar-refractivity contribution in [1.82, 2.24) is 0 Å². The molecule has 1 saturated carbocycles. The Morgan fingerprint density at radius 3 is 2.47 bits per heavy atom. The largest absolute Gasteiger partial charge is 0.197 e. The maximum Gasteiger partial charge on any atom is 0.151 e.